The van der Waals surface area contributed by atoms with Crippen LogP contribution in [0.2, 0.25) is 0 Å². The summed E-state index contributed by atoms with van der Waals surface area (Å²) in [5.74, 6) is -0.417. The summed E-state index contributed by atoms with van der Waals surface area (Å²) >= 11 is 1.22. The van der Waals surface area contributed by atoms with Crippen molar-refractivity contribution in [1.82, 2.24) is 24.5 Å². The van der Waals surface area contributed by atoms with E-state index in [4.69, 9.17) is 0 Å². The van der Waals surface area contributed by atoms with Gasteiger partial charge in [-0.3, -0.25) is 19.5 Å². The lowest BCUT2D eigenvalue weighted by Gasteiger charge is -2.22. The van der Waals surface area contributed by atoms with E-state index in [0.29, 0.717) is 35.0 Å². The first-order valence-electron chi connectivity index (χ1n) is 9.54. The van der Waals surface area contributed by atoms with Crippen molar-refractivity contribution in [3.05, 3.63) is 44.4 Å². The third-order valence-electron chi connectivity index (χ3n) is 5.17. The normalized spacial score (nSPS) is 16.5. The Hall–Kier alpha value is -3.01. The SMILES string of the molecule is CCc1c(C)nc2cc([C@H]3CCCN3C(=O)c3csc(NC(C)=O)n3)[nH]n2c1=O. The summed E-state index contributed by atoms with van der Waals surface area (Å²) < 4.78 is 1.46. The Morgan fingerprint density at radius 1 is 1.38 bits per heavy atom. The lowest BCUT2D eigenvalue weighted by molar-refractivity contribution is -0.114. The molecule has 3 aromatic rings. The number of thiazole rings is 1. The van der Waals surface area contributed by atoms with Crippen LogP contribution < -0.4 is 10.9 Å². The van der Waals surface area contributed by atoms with E-state index in [2.05, 4.69) is 20.4 Å². The minimum atomic E-state index is -0.227. The number of aryl methyl sites for hydroxylation is 1. The zero-order chi connectivity index (χ0) is 20.7. The van der Waals surface area contributed by atoms with Crippen LogP contribution in [0.5, 0.6) is 0 Å². The maximum atomic E-state index is 13.0. The number of carbonyl (C=O) groups is 2. The summed E-state index contributed by atoms with van der Waals surface area (Å²) in [4.78, 5) is 47.4. The van der Waals surface area contributed by atoms with Crippen LogP contribution in [0.4, 0.5) is 5.13 Å². The number of fused-ring (bicyclic) bond motifs is 1. The highest BCUT2D eigenvalue weighted by atomic mass is 32.1. The van der Waals surface area contributed by atoms with Crippen molar-refractivity contribution in [1.29, 1.82) is 0 Å². The molecule has 3 aromatic heterocycles. The molecule has 4 heterocycles. The second-order valence-electron chi connectivity index (χ2n) is 7.12. The number of amides is 2. The minimum Gasteiger partial charge on any atom is -0.329 e. The molecule has 4 rings (SSSR count). The fourth-order valence-corrected chi connectivity index (χ4v) is 4.56. The predicted molar refractivity (Wildman–Crippen MR) is 109 cm³/mol. The maximum Gasteiger partial charge on any atom is 0.276 e. The van der Waals surface area contributed by atoms with Crippen LogP contribution >= 0.6 is 11.3 Å². The molecule has 0 aliphatic carbocycles. The lowest BCUT2D eigenvalue weighted by atomic mass is 10.1. The van der Waals surface area contributed by atoms with Gasteiger partial charge in [-0.1, -0.05) is 6.92 Å². The highest BCUT2D eigenvalue weighted by molar-refractivity contribution is 7.14. The third-order valence-corrected chi connectivity index (χ3v) is 5.93. The largest absolute Gasteiger partial charge is 0.329 e. The molecule has 0 spiro atoms. The number of likely N-dealkylation sites (tertiary alicyclic amines) is 1. The average Bonchev–Trinajstić information content (AvgIpc) is 3.39. The Balaban J connectivity index is 1.65. The number of carbonyl (C=O) groups excluding carboxylic acids is 2. The Labute approximate surface area is 170 Å². The summed E-state index contributed by atoms with van der Waals surface area (Å²) in [6.07, 6.45) is 2.26. The van der Waals surface area contributed by atoms with E-state index in [9.17, 15) is 14.4 Å². The Morgan fingerprint density at radius 3 is 2.90 bits per heavy atom. The molecule has 0 unspecified atom stereocenters. The highest BCUT2D eigenvalue weighted by Crippen LogP contribution is 2.33. The molecule has 9 nitrogen and oxygen atoms in total. The minimum absolute atomic E-state index is 0.100. The number of nitrogens with one attached hydrogen (secondary N) is 2. The van der Waals surface area contributed by atoms with Gasteiger partial charge in [-0.25, -0.2) is 14.5 Å². The van der Waals surface area contributed by atoms with Crippen LogP contribution in [-0.2, 0) is 11.2 Å². The highest BCUT2D eigenvalue weighted by Gasteiger charge is 2.33. The second-order valence-corrected chi connectivity index (χ2v) is 7.97. The van der Waals surface area contributed by atoms with Gasteiger partial charge in [0, 0.05) is 36.2 Å². The van der Waals surface area contributed by atoms with Crippen LogP contribution in [0, 0.1) is 6.92 Å². The first kappa shape index (κ1) is 19.3. The van der Waals surface area contributed by atoms with Crippen LogP contribution in [0.15, 0.2) is 16.2 Å². The van der Waals surface area contributed by atoms with Gasteiger partial charge in [-0.05, 0) is 26.2 Å². The third kappa shape index (κ3) is 3.44. The van der Waals surface area contributed by atoms with Crippen molar-refractivity contribution in [3.8, 4) is 0 Å². The van der Waals surface area contributed by atoms with Gasteiger partial charge in [0.05, 0.1) is 11.7 Å². The number of hydrogen-bond acceptors (Lipinski definition) is 6. The number of hydrogen-bond donors (Lipinski definition) is 2. The van der Waals surface area contributed by atoms with Crippen molar-refractivity contribution in [2.24, 2.45) is 0 Å². The average molecular weight is 414 g/mol. The summed E-state index contributed by atoms with van der Waals surface area (Å²) in [6.45, 7) is 5.78. The second kappa shape index (κ2) is 7.43. The molecule has 1 aliphatic rings. The topological polar surface area (TPSA) is 112 Å². The molecule has 2 amide bonds. The number of H-pyrrole nitrogens is 1. The van der Waals surface area contributed by atoms with Crippen molar-refractivity contribution >= 4 is 33.9 Å². The molecule has 0 radical (unpaired) electrons. The molecule has 2 N–H and O–H groups in total. The number of anilines is 1. The zero-order valence-corrected chi connectivity index (χ0v) is 17.3. The fraction of sp³-hybridized carbons (Fsp3) is 0.421. The number of rotatable bonds is 4. The maximum absolute atomic E-state index is 13.0. The van der Waals surface area contributed by atoms with Gasteiger partial charge < -0.3 is 10.2 Å². The number of aromatic amines is 1. The van der Waals surface area contributed by atoms with Crippen molar-refractivity contribution in [3.63, 3.8) is 0 Å². The van der Waals surface area contributed by atoms with Gasteiger partial charge in [-0.2, -0.15) is 0 Å². The first-order chi connectivity index (χ1) is 13.9. The molecule has 0 aromatic carbocycles. The van der Waals surface area contributed by atoms with Crippen molar-refractivity contribution in [2.45, 2.75) is 46.1 Å². The smallest absolute Gasteiger partial charge is 0.276 e. The van der Waals surface area contributed by atoms with Gasteiger partial charge in [0.2, 0.25) is 5.91 Å². The van der Waals surface area contributed by atoms with Gasteiger partial charge in [0.25, 0.3) is 11.5 Å². The molecular weight excluding hydrogens is 392 g/mol. The molecule has 1 saturated heterocycles. The molecule has 0 saturated carbocycles. The molecule has 10 heteroatoms. The molecular formula is C19H22N6O3S. The van der Waals surface area contributed by atoms with E-state index >= 15 is 0 Å². The van der Waals surface area contributed by atoms with Gasteiger partial charge >= 0.3 is 0 Å². The standard InChI is InChI=1S/C19H22N6O3S/c1-4-12-10(2)20-16-8-13(23-25(16)17(12)27)15-6-5-7-24(15)18(28)14-9-29-19(22-14)21-11(3)26/h8-9,15,23H,4-7H2,1-3H3,(H,21,22,26)/t15-/m1/s1. The summed E-state index contributed by atoms with van der Waals surface area (Å²) in [5, 5.41) is 7.80. The summed E-state index contributed by atoms with van der Waals surface area (Å²) in [6, 6.07) is 1.66. The van der Waals surface area contributed by atoms with E-state index in [1.807, 2.05) is 19.9 Å². The van der Waals surface area contributed by atoms with Gasteiger partial charge in [-0.15, -0.1) is 11.3 Å². The van der Waals surface area contributed by atoms with Crippen LogP contribution in [0.25, 0.3) is 5.65 Å². The molecule has 29 heavy (non-hydrogen) atoms. The number of nitrogens with zero attached hydrogens (tertiary/aromatic N) is 4. The first-order valence-corrected chi connectivity index (χ1v) is 10.4. The monoisotopic (exact) mass is 414 g/mol. The van der Waals surface area contributed by atoms with E-state index < -0.39 is 0 Å². The molecule has 152 valence electrons. The van der Waals surface area contributed by atoms with Crippen LogP contribution in [0.1, 0.15) is 60.2 Å². The zero-order valence-electron chi connectivity index (χ0n) is 16.5. The summed E-state index contributed by atoms with van der Waals surface area (Å²) in [5.41, 5.74) is 2.96. The quantitative estimate of drug-likeness (QED) is 0.680. The van der Waals surface area contributed by atoms with E-state index in [-0.39, 0.29) is 23.4 Å². The molecule has 1 atom stereocenters. The molecule has 1 aliphatic heterocycles. The van der Waals surface area contributed by atoms with Crippen molar-refractivity contribution in [2.75, 3.05) is 11.9 Å². The Morgan fingerprint density at radius 2 is 2.17 bits per heavy atom. The van der Waals surface area contributed by atoms with Gasteiger partial charge in [0.15, 0.2) is 10.8 Å². The van der Waals surface area contributed by atoms with E-state index in [0.717, 1.165) is 24.2 Å². The van der Waals surface area contributed by atoms with Crippen LogP contribution in [-0.4, -0.2) is 42.8 Å². The molecule has 0 bridgehead atoms. The predicted octanol–water partition coefficient (Wildman–Crippen LogP) is 2.29. The Kier molecular flexibility index (Phi) is 4.95. The fourth-order valence-electron chi connectivity index (χ4n) is 3.83. The van der Waals surface area contributed by atoms with Crippen LogP contribution in [0.3, 0.4) is 0 Å². The van der Waals surface area contributed by atoms with E-state index in [1.165, 1.54) is 22.8 Å². The molecule has 1 fully saturated rings. The summed E-state index contributed by atoms with van der Waals surface area (Å²) in [7, 11) is 0. The number of aromatic nitrogens is 4. The van der Waals surface area contributed by atoms with Crippen molar-refractivity contribution < 1.29 is 9.59 Å². The van der Waals surface area contributed by atoms with Gasteiger partial charge in [0.1, 0.15) is 5.69 Å². The lowest BCUT2D eigenvalue weighted by Crippen LogP contribution is -2.31. The Bertz CT molecular complexity index is 1160. The van der Waals surface area contributed by atoms with E-state index in [1.54, 1.807) is 10.3 Å².